The van der Waals surface area contributed by atoms with E-state index < -0.39 is 0 Å². The van der Waals surface area contributed by atoms with Crippen molar-refractivity contribution >= 4 is 34.0 Å². The normalized spacial score (nSPS) is 11.4. The molecule has 0 radical (unpaired) electrons. The van der Waals surface area contributed by atoms with Crippen LogP contribution in [0.3, 0.4) is 0 Å². The number of aromatic nitrogens is 2. The Kier molecular flexibility index (Phi) is 3.68. The van der Waals surface area contributed by atoms with E-state index in [-0.39, 0.29) is 0 Å². The summed E-state index contributed by atoms with van der Waals surface area (Å²) >= 11 is 7.69. The number of H-pyrrole nitrogens is 1. The molecule has 0 spiro atoms. The van der Waals surface area contributed by atoms with Crippen LogP contribution in [0, 0.1) is 0 Å². The van der Waals surface area contributed by atoms with Crippen molar-refractivity contribution in [2.45, 2.75) is 26.4 Å². The Morgan fingerprint density at radius 3 is 2.90 bits per heavy atom. The summed E-state index contributed by atoms with van der Waals surface area (Å²) in [4.78, 5) is 3.40. The molecule has 0 aliphatic carbocycles. The van der Waals surface area contributed by atoms with Crippen LogP contribution < -0.4 is 4.74 Å². The Bertz CT molecular complexity index is 719. The monoisotopic (exact) mass is 306 g/mol. The Balaban J connectivity index is 1.88. The lowest BCUT2D eigenvalue weighted by molar-refractivity contribution is 0.303. The number of benzene rings is 1. The van der Waals surface area contributed by atoms with Crippen LogP contribution in [0.4, 0.5) is 0 Å². The molecule has 1 aromatic carbocycles. The van der Waals surface area contributed by atoms with Crippen molar-refractivity contribution in [3.63, 3.8) is 0 Å². The molecule has 0 amide bonds. The average molecular weight is 307 g/mol. The van der Waals surface area contributed by atoms with Crippen LogP contribution in [-0.2, 0) is 6.61 Å². The Labute approximate surface area is 126 Å². The summed E-state index contributed by atoms with van der Waals surface area (Å²) in [6, 6.07) is 7.98. The number of ether oxygens (including phenoxy) is 1. The van der Waals surface area contributed by atoms with Gasteiger partial charge in [0.05, 0.1) is 10.7 Å². The molecule has 0 saturated carbocycles. The molecule has 20 heavy (non-hydrogen) atoms. The predicted molar refractivity (Wildman–Crippen MR) is 83.8 cm³/mol. The number of hydrogen-bond donors (Lipinski definition) is 1. The van der Waals surface area contributed by atoms with Crippen molar-refractivity contribution in [1.82, 2.24) is 9.36 Å². The third-order valence-electron chi connectivity index (χ3n) is 3.18. The number of rotatable bonds is 4. The quantitative estimate of drug-likeness (QED) is 0.738. The highest BCUT2D eigenvalue weighted by atomic mass is 35.5. The van der Waals surface area contributed by atoms with Crippen LogP contribution in [0.15, 0.2) is 29.6 Å². The van der Waals surface area contributed by atoms with Gasteiger partial charge in [0.2, 0.25) is 0 Å². The molecule has 0 aliphatic rings. The van der Waals surface area contributed by atoms with Crippen LogP contribution in [0.25, 0.3) is 10.9 Å². The highest BCUT2D eigenvalue weighted by molar-refractivity contribution is 7.03. The second kappa shape index (κ2) is 5.46. The molecule has 0 saturated heterocycles. The van der Waals surface area contributed by atoms with E-state index in [0.717, 1.165) is 16.6 Å². The van der Waals surface area contributed by atoms with Crippen molar-refractivity contribution in [3.8, 4) is 5.75 Å². The number of fused-ring (bicyclic) bond motifs is 1. The molecule has 3 aromatic rings. The summed E-state index contributed by atoms with van der Waals surface area (Å²) in [6.07, 6.45) is 0. The predicted octanol–water partition coefficient (Wildman–Crippen LogP) is 4.98. The zero-order valence-electron chi connectivity index (χ0n) is 11.3. The summed E-state index contributed by atoms with van der Waals surface area (Å²) in [6.45, 7) is 4.75. The molecule has 0 bridgehead atoms. The summed E-state index contributed by atoms with van der Waals surface area (Å²) in [5.74, 6) is 1.14. The zero-order valence-corrected chi connectivity index (χ0v) is 12.9. The molecule has 2 heterocycles. The minimum absolute atomic E-state index is 0.437. The van der Waals surface area contributed by atoms with Gasteiger partial charge in [-0.25, -0.2) is 0 Å². The minimum atomic E-state index is 0.437. The highest BCUT2D eigenvalue weighted by Gasteiger charge is 2.09. The number of aromatic amines is 1. The van der Waals surface area contributed by atoms with Gasteiger partial charge in [0.15, 0.2) is 0 Å². The lowest BCUT2D eigenvalue weighted by atomic mass is 10.1. The van der Waals surface area contributed by atoms with Gasteiger partial charge in [-0.3, -0.25) is 0 Å². The van der Waals surface area contributed by atoms with Crippen LogP contribution in [0.1, 0.15) is 31.2 Å². The molecule has 0 fully saturated rings. The number of halogens is 1. The molecule has 0 aliphatic heterocycles. The van der Waals surface area contributed by atoms with E-state index in [0.29, 0.717) is 23.3 Å². The Morgan fingerprint density at radius 1 is 1.35 bits per heavy atom. The molecule has 3 nitrogen and oxygen atoms in total. The summed E-state index contributed by atoms with van der Waals surface area (Å²) < 4.78 is 9.97. The molecule has 3 rings (SSSR count). The SMILES string of the molecule is CC(C)c1cc2cc(Cl)c(OCc3ccsn3)cc2[nH]1. The van der Waals surface area contributed by atoms with Crippen molar-refractivity contribution in [1.29, 1.82) is 0 Å². The minimum Gasteiger partial charge on any atom is -0.486 e. The van der Waals surface area contributed by atoms with Crippen LogP contribution in [-0.4, -0.2) is 9.36 Å². The van der Waals surface area contributed by atoms with Crippen molar-refractivity contribution < 1.29 is 4.74 Å². The van der Waals surface area contributed by atoms with Gasteiger partial charge in [0.25, 0.3) is 0 Å². The fourth-order valence-corrected chi connectivity index (χ4v) is 2.80. The van der Waals surface area contributed by atoms with E-state index in [9.17, 15) is 0 Å². The maximum Gasteiger partial charge on any atom is 0.140 e. The smallest absolute Gasteiger partial charge is 0.140 e. The standard InChI is InChI=1S/C15H15ClN2OS/c1-9(2)13-6-10-5-12(16)15(7-14(10)17-13)19-8-11-3-4-20-18-11/h3-7,9,17H,8H2,1-2H3. The number of hydrogen-bond acceptors (Lipinski definition) is 3. The Morgan fingerprint density at radius 2 is 2.20 bits per heavy atom. The molecule has 0 atom stereocenters. The lowest BCUT2D eigenvalue weighted by Gasteiger charge is -2.06. The molecule has 104 valence electrons. The highest BCUT2D eigenvalue weighted by Crippen LogP contribution is 2.32. The van der Waals surface area contributed by atoms with Crippen molar-refractivity contribution in [2.75, 3.05) is 0 Å². The first-order chi connectivity index (χ1) is 9.63. The van der Waals surface area contributed by atoms with Gasteiger partial charge in [-0.15, -0.1) is 0 Å². The van der Waals surface area contributed by atoms with Crippen molar-refractivity contribution in [3.05, 3.63) is 46.1 Å². The maximum atomic E-state index is 6.28. The summed E-state index contributed by atoms with van der Waals surface area (Å²) in [7, 11) is 0. The second-order valence-corrected chi connectivity index (χ2v) is 6.10. The molecule has 1 N–H and O–H groups in total. The van der Waals surface area contributed by atoms with E-state index in [2.05, 4.69) is 29.3 Å². The molecular formula is C15H15ClN2OS. The van der Waals surface area contributed by atoms with Gasteiger partial charge in [0, 0.05) is 28.0 Å². The van der Waals surface area contributed by atoms with Gasteiger partial charge in [-0.05, 0) is 35.6 Å². The third-order valence-corrected chi connectivity index (χ3v) is 4.08. The van der Waals surface area contributed by atoms with E-state index in [1.54, 1.807) is 0 Å². The van der Waals surface area contributed by atoms with Gasteiger partial charge >= 0.3 is 0 Å². The average Bonchev–Trinajstić information content (AvgIpc) is 3.04. The van der Waals surface area contributed by atoms with Crippen LogP contribution in [0.2, 0.25) is 5.02 Å². The second-order valence-electron chi connectivity index (χ2n) is 5.03. The van der Waals surface area contributed by atoms with Gasteiger partial charge in [0.1, 0.15) is 12.4 Å². The van der Waals surface area contributed by atoms with Crippen LogP contribution in [0.5, 0.6) is 5.75 Å². The van der Waals surface area contributed by atoms with E-state index in [4.69, 9.17) is 16.3 Å². The summed E-state index contributed by atoms with van der Waals surface area (Å²) in [5.41, 5.74) is 3.17. The topological polar surface area (TPSA) is 37.9 Å². The molecule has 2 aromatic heterocycles. The van der Waals surface area contributed by atoms with Crippen LogP contribution >= 0.6 is 23.1 Å². The van der Waals surface area contributed by atoms with E-state index in [1.165, 1.54) is 17.2 Å². The maximum absolute atomic E-state index is 6.28. The lowest BCUT2D eigenvalue weighted by Crippen LogP contribution is -1.95. The molecular weight excluding hydrogens is 292 g/mol. The van der Waals surface area contributed by atoms with Gasteiger partial charge in [-0.2, -0.15) is 4.37 Å². The first-order valence-electron chi connectivity index (χ1n) is 6.47. The number of nitrogens with zero attached hydrogens (tertiary/aromatic N) is 1. The Hall–Kier alpha value is -1.52. The van der Waals surface area contributed by atoms with E-state index in [1.807, 2.05) is 23.6 Å². The van der Waals surface area contributed by atoms with Gasteiger partial charge in [-0.1, -0.05) is 25.4 Å². The fraction of sp³-hybridized carbons (Fsp3) is 0.267. The molecule has 0 unspecified atom stereocenters. The first-order valence-corrected chi connectivity index (χ1v) is 7.69. The van der Waals surface area contributed by atoms with Crippen molar-refractivity contribution in [2.24, 2.45) is 0 Å². The van der Waals surface area contributed by atoms with E-state index >= 15 is 0 Å². The largest absolute Gasteiger partial charge is 0.486 e. The third kappa shape index (κ3) is 2.67. The summed E-state index contributed by atoms with van der Waals surface area (Å²) in [5, 5.41) is 3.67. The number of nitrogens with one attached hydrogen (secondary N) is 1. The van der Waals surface area contributed by atoms with Gasteiger partial charge < -0.3 is 9.72 Å². The zero-order chi connectivity index (χ0) is 14.1. The fourth-order valence-electron chi connectivity index (χ4n) is 2.04. The first kappa shape index (κ1) is 13.5. The molecule has 5 heteroatoms.